The van der Waals surface area contributed by atoms with Gasteiger partial charge in [0.25, 0.3) is 6.71 Å². The van der Waals surface area contributed by atoms with Crippen molar-refractivity contribution in [1.29, 1.82) is 0 Å². The van der Waals surface area contributed by atoms with Crippen LogP contribution in [0.25, 0.3) is 21.9 Å². The third-order valence-corrected chi connectivity index (χ3v) is 17.7. The Kier molecular flexibility index (Phi) is 9.75. The summed E-state index contributed by atoms with van der Waals surface area (Å²) in [4.78, 5) is 7.76. The molecule has 0 radical (unpaired) electrons. The van der Waals surface area contributed by atoms with Crippen molar-refractivity contribution >= 4 is 96.2 Å². The van der Waals surface area contributed by atoms with Gasteiger partial charge < -0.3 is 19.1 Å². The highest BCUT2D eigenvalue weighted by atomic mass is 16.3. The fourth-order valence-electron chi connectivity index (χ4n) is 14.0. The average Bonchev–Trinajstić information content (AvgIpc) is 3.82. The van der Waals surface area contributed by atoms with Crippen LogP contribution < -0.4 is 31.1 Å². The van der Waals surface area contributed by atoms with Crippen LogP contribution in [0, 0.1) is 6.92 Å². The summed E-state index contributed by atoms with van der Waals surface area (Å²) in [5, 5.41) is 2.24. The normalized spacial score (nSPS) is 17.5. The van der Waals surface area contributed by atoms with Crippen molar-refractivity contribution in [1.82, 2.24) is 0 Å². The molecule has 4 nitrogen and oxygen atoms in total. The average molecular weight is 954 g/mol. The number of benzene rings is 8. The topological polar surface area (TPSA) is 22.9 Å². The van der Waals surface area contributed by atoms with Crippen LogP contribution in [-0.4, -0.2) is 6.71 Å². The van der Waals surface area contributed by atoms with Crippen molar-refractivity contribution in [2.45, 2.75) is 129 Å². The van der Waals surface area contributed by atoms with Crippen molar-refractivity contribution in [3.05, 3.63) is 191 Å². The Morgan fingerprint density at radius 3 is 1.64 bits per heavy atom. The number of hydrogen-bond acceptors (Lipinski definition) is 4. The molecule has 3 heterocycles. The van der Waals surface area contributed by atoms with Crippen molar-refractivity contribution in [3.63, 3.8) is 0 Å². The standard InChI is InChI=1S/C68H68BN3O/c1-42-34-48-51(68(11,12)41-67(48,9)10)39-55(42)72-57-40-50-49(65(5,6)32-33-66(50,7)8)38-53(57)69-52-31-30-46(70(44-22-15-13-16-23-44)45-24-17-14-18-25-45)37-56(52)71(58-35-43(64(2,3)4)36-59(72)63(58)69)54-27-21-29-61-62(54)47-26-19-20-28-60(47)73-61/h13-31,34-40H,32-33,41H2,1-12H3. The van der Waals surface area contributed by atoms with Gasteiger partial charge in [-0.05, 0) is 182 Å². The molecule has 0 unspecified atom stereocenters. The van der Waals surface area contributed by atoms with E-state index in [2.05, 4.69) is 256 Å². The lowest BCUT2D eigenvalue weighted by Gasteiger charge is -2.48. The molecule has 364 valence electrons. The second kappa shape index (κ2) is 15.5. The predicted molar refractivity (Wildman–Crippen MR) is 312 cm³/mol. The van der Waals surface area contributed by atoms with Gasteiger partial charge in [-0.15, -0.1) is 0 Å². The highest BCUT2D eigenvalue weighted by Crippen LogP contribution is 2.56. The summed E-state index contributed by atoms with van der Waals surface area (Å²) in [6.45, 7) is 29.2. The monoisotopic (exact) mass is 954 g/mol. The van der Waals surface area contributed by atoms with Crippen molar-refractivity contribution < 1.29 is 4.42 Å². The van der Waals surface area contributed by atoms with Crippen LogP contribution in [-0.2, 0) is 27.1 Å². The number of anilines is 9. The zero-order chi connectivity index (χ0) is 50.7. The van der Waals surface area contributed by atoms with Crippen LogP contribution in [0.5, 0.6) is 0 Å². The fourth-order valence-corrected chi connectivity index (χ4v) is 14.0. The first kappa shape index (κ1) is 45.9. The molecule has 1 aromatic heterocycles. The van der Waals surface area contributed by atoms with Gasteiger partial charge >= 0.3 is 0 Å². The van der Waals surface area contributed by atoms with Gasteiger partial charge in [-0.25, -0.2) is 0 Å². The molecule has 73 heavy (non-hydrogen) atoms. The highest BCUT2D eigenvalue weighted by Gasteiger charge is 2.49. The van der Waals surface area contributed by atoms with E-state index in [1.54, 1.807) is 0 Å². The van der Waals surface area contributed by atoms with Crippen molar-refractivity contribution in [2.24, 2.45) is 0 Å². The number of hydrogen-bond donors (Lipinski definition) is 0. The Morgan fingerprint density at radius 2 is 1.00 bits per heavy atom. The van der Waals surface area contributed by atoms with Crippen LogP contribution >= 0.6 is 0 Å². The Bertz CT molecular complexity index is 3700. The van der Waals surface area contributed by atoms with E-state index >= 15 is 0 Å². The molecule has 0 amide bonds. The molecule has 5 heteroatoms. The molecule has 0 spiro atoms. The zero-order valence-corrected chi connectivity index (χ0v) is 45.0. The number of nitrogens with zero attached hydrogens (tertiary/aromatic N) is 3. The predicted octanol–water partition coefficient (Wildman–Crippen LogP) is 17.1. The van der Waals surface area contributed by atoms with Crippen LogP contribution in [0.3, 0.4) is 0 Å². The van der Waals surface area contributed by atoms with Gasteiger partial charge in [-0.2, -0.15) is 0 Å². The second-order valence-electron chi connectivity index (χ2n) is 25.6. The van der Waals surface area contributed by atoms with Gasteiger partial charge in [0.2, 0.25) is 0 Å². The molecular formula is C68H68BN3O. The lowest BCUT2D eigenvalue weighted by Crippen LogP contribution is -2.62. The van der Waals surface area contributed by atoms with E-state index in [-0.39, 0.29) is 33.8 Å². The summed E-state index contributed by atoms with van der Waals surface area (Å²) >= 11 is 0. The van der Waals surface area contributed by atoms with Crippen molar-refractivity contribution in [3.8, 4) is 0 Å². The Hall–Kier alpha value is -6.98. The van der Waals surface area contributed by atoms with Gasteiger partial charge in [0, 0.05) is 50.9 Å². The lowest BCUT2D eigenvalue weighted by molar-refractivity contribution is 0.332. The minimum absolute atomic E-state index is 0.0141. The van der Waals surface area contributed by atoms with Gasteiger partial charge in [0.15, 0.2) is 0 Å². The molecule has 0 atom stereocenters. The maximum absolute atomic E-state index is 6.74. The first-order valence-electron chi connectivity index (χ1n) is 26.8. The highest BCUT2D eigenvalue weighted by molar-refractivity contribution is 7.00. The molecule has 0 saturated heterocycles. The molecule has 0 saturated carbocycles. The molecule has 4 aliphatic rings. The molecule has 0 fully saturated rings. The molecule has 8 aromatic carbocycles. The Balaban J connectivity index is 1.18. The second-order valence-corrected chi connectivity index (χ2v) is 25.6. The number of aryl methyl sites for hydroxylation is 1. The Morgan fingerprint density at radius 1 is 0.466 bits per heavy atom. The van der Waals surface area contributed by atoms with Crippen LogP contribution in [0.4, 0.5) is 51.2 Å². The van der Waals surface area contributed by atoms with Gasteiger partial charge in [0.05, 0.1) is 11.1 Å². The summed E-state index contributed by atoms with van der Waals surface area (Å²) in [5.41, 5.74) is 25.0. The fraction of sp³-hybridized carbons (Fsp3) is 0.294. The van der Waals surface area contributed by atoms with Gasteiger partial charge in [0.1, 0.15) is 11.2 Å². The maximum atomic E-state index is 6.74. The molecule has 0 N–H and O–H groups in total. The lowest BCUT2D eigenvalue weighted by atomic mass is 9.33. The maximum Gasteiger partial charge on any atom is 0.252 e. The van der Waals surface area contributed by atoms with Crippen LogP contribution in [0.2, 0.25) is 0 Å². The summed E-state index contributed by atoms with van der Waals surface area (Å²) in [7, 11) is 0. The number of rotatable bonds is 5. The van der Waals surface area contributed by atoms with Crippen LogP contribution in [0.1, 0.15) is 129 Å². The SMILES string of the molecule is Cc1cc2c(cc1N1c3cc4c(cc3B3c5ccc(N(c6ccccc6)c6ccccc6)cc5N(c5cccc6oc7ccccc7c56)c5cc(C(C)(C)C)cc1c53)C(C)(C)CCC4(C)C)C(C)(C)CC2(C)C. The summed E-state index contributed by atoms with van der Waals surface area (Å²) < 4.78 is 6.74. The van der Waals surface area contributed by atoms with E-state index in [0.29, 0.717) is 0 Å². The van der Waals surface area contributed by atoms with E-state index in [4.69, 9.17) is 4.42 Å². The number of furan rings is 1. The summed E-state index contributed by atoms with van der Waals surface area (Å²) in [6.07, 6.45) is 3.42. The minimum atomic E-state index is -0.173. The largest absolute Gasteiger partial charge is 0.456 e. The minimum Gasteiger partial charge on any atom is -0.456 e. The number of fused-ring (bicyclic) bond motifs is 9. The summed E-state index contributed by atoms with van der Waals surface area (Å²) in [5.74, 6) is 0. The van der Waals surface area contributed by atoms with E-state index in [1.165, 1.54) is 78.2 Å². The zero-order valence-electron chi connectivity index (χ0n) is 45.0. The first-order chi connectivity index (χ1) is 34.7. The molecule has 9 aromatic rings. The molecule has 2 aliphatic heterocycles. The van der Waals surface area contributed by atoms with Gasteiger partial charge in [-0.3, -0.25) is 0 Å². The molecule has 0 bridgehead atoms. The van der Waals surface area contributed by atoms with Crippen LogP contribution in [0.15, 0.2) is 162 Å². The van der Waals surface area contributed by atoms with E-state index < -0.39 is 0 Å². The first-order valence-corrected chi connectivity index (χ1v) is 26.8. The quantitative estimate of drug-likeness (QED) is 0.160. The number of para-hydroxylation sites is 3. The van der Waals surface area contributed by atoms with Gasteiger partial charge in [-0.1, -0.05) is 155 Å². The van der Waals surface area contributed by atoms with Crippen molar-refractivity contribution in [2.75, 3.05) is 14.7 Å². The third-order valence-electron chi connectivity index (χ3n) is 17.7. The summed E-state index contributed by atoms with van der Waals surface area (Å²) in [6, 6.07) is 59.8. The molecular weight excluding hydrogens is 886 g/mol. The molecule has 13 rings (SSSR count). The Labute approximate surface area is 433 Å². The molecule has 2 aliphatic carbocycles. The van der Waals surface area contributed by atoms with E-state index in [9.17, 15) is 0 Å². The van der Waals surface area contributed by atoms with E-state index in [1.807, 2.05) is 0 Å². The smallest absolute Gasteiger partial charge is 0.252 e. The third kappa shape index (κ3) is 6.86. The van der Waals surface area contributed by atoms with E-state index in [0.717, 1.165) is 64.0 Å².